The molecule has 0 bridgehead atoms. The van der Waals surface area contributed by atoms with Crippen LogP contribution in [0.3, 0.4) is 0 Å². The summed E-state index contributed by atoms with van der Waals surface area (Å²) in [5.74, 6) is -1.32. The van der Waals surface area contributed by atoms with Gasteiger partial charge in [-0.25, -0.2) is 4.79 Å². The van der Waals surface area contributed by atoms with E-state index >= 15 is 0 Å². The van der Waals surface area contributed by atoms with Crippen molar-refractivity contribution in [1.29, 1.82) is 0 Å². The van der Waals surface area contributed by atoms with E-state index in [1.807, 2.05) is 6.92 Å². The number of amides is 1. The van der Waals surface area contributed by atoms with Crippen LogP contribution in [0.4, 0.5) is 5.69 Å². The smallest absolute Gasteiger partial charge is 0.339 e. The van der Waals surface area contributed by atoms with Crippen molar-refractivity contribution in [2.75, 3.05) is 19.0 Å². The van der Waals surface area contributed by atoms with Crippen molar-refractivity contribution in [3.63, 3.8) is 0 Å². The Labute approximate surface area is 123 Å². The lowest BCUT2D eigenvalue weighted by Gasteiger charge is -2.10. The van der Waals surface area contributed by atoms with Crippen molar-refractivity contribution in [1.82, 2.24) is 0 Å². The first-order valence-corrected chi connectivity index (χ1v) is 6.62. The Bertz CT molecular complexity index is 539. The van der Waals surface area contributed by atoms with Gasteiger partial charge in [0.15, 0.2) is 0 Å². The van der Waals surface area contributed by atoms with Crippen LogP contribution in [0, 0.1) is 6.92 Å². The van der Waals surface area contributed by atoms with E-state index in [0.29, 0.717) is 5.69 Å². The minimum Gasteiger partial charge on any atom is -0.466 e. The SMILES string of the molecule is CCOC(=O)CCC(=O)Nc1ccc(C)cc1C(=O)OC. The third kappa shape index (κ3) is 5.25. The summed E-state index contributed by atoms with van der Waals surface area (Å²) in [5, 5.41) is 2.60. The number of methoxy groups -OCH3 is 1. The van der Waals surface area contributed by atoms with E-state index in [1.165, 1.54) is 7.11 Å². The van der Waals surface area contributed by atoms with Gasteiger partial charge in [-0.2, -0.15) is 0 Å². The minimum absolute atomic E-state index is 0.000901. The molecule has 1 amide bonds. The van der Waals surface area contributed by atoms with Crippen LogP contribution in [0.5, 0.6) is 0 Å². The number of rotatable bonds is 6. The molecule has 0 saturated heterocycles. The van der Waals surface area contributed by atoms with Crippen LogP contribution >= 0.6 is 0 Å². The van der Waals surface area contributed by atoms with Crippen molar-refractivity contribution < 1.29 is 23.9 Å². The second-order valence-electron chi connectivity index (χ2n) is 4.39. The standard InChI is InChI=1S/C15H19NO5/c1-4-21-14(18)8-7-13(17)16-12-6-5-10(2)9-11(12)15(19)20-3/h5-6,9H,4,7-8H2,1-3H3,(H,16,17). The van der Waals surface area contributed by atoms with Gasteiger partial charge in [0.1, 0.15) is 0 Å². The first-order valence-electron chi connectivity index (χ1n) is 6.62. The van der Waals surface area contributed by atoms with Crippen molar-refractivity contribution in [3.05, 3.63) is 29.3 Å². The fourth-order valence-electron chi connectivity index (χ4n) is 1.71. The molecular formula is C15H19NO5. The number of carbonyl (C=O) groups excluding carboxylic acids is 3. The minimum atomic E-state index is -0.528. The van der Waals surface area contributed by atoms with Gasteiger partial charge in [0.2, 0.25) is 5.91 Å². The van der Waals surface area contributed by atoms with Gasteiger partial charge in [0, 0.05) is 6.42 Å². The number of hydrogen-bond acceptors (Lipinski definition) is 5. The van der Waals surface area contributed by atoms with E-state index in [4.69, 9.17) is 4.74 Å². The molecule has 1 aromatic rings. The van der Waals surface area contributed by atoms with Gasteiger partial charge in [-0.1, -0.05) is 11.6 Å². The van der Waals surface area contributed by atoms with Crippen LogP contribution in [0.1, 0.15) is 35.7 Å². The molecule has 21 heavy (non-hydrogen) atoms. The fraction of sp³-hybridized carbons (Fsp3) is 0.400. The molecule has 0 atom stereocenters. The molecule has 0 radical (unpaired) electrons. The Morgan fingerprint density at radius 2 is 1.90 bits per heavy atom. The molecule has 0 heterocycles. The number of esters is 2. The van der Waals surface area contributed by atoms with E-state index < -0.39 is 11.9 Å². The van der Waals surface area contributed by atoms with E-state index in [2.05, 4.69) is 10.1 Å². The lowest BCUT2D eigenvalue weighted by molar-refractivity contribution is -0.144. The largest absolute Gasteiger partial charge is 0.466 e. The van der Waals surface area contributed by atoms with Gasteiger partial charge in [-0.3, -0.25) is 9.59 Å². The van der Waals surface area contributed by atoms with Gasteiger partial charge < -0.3 is 14.8 Å². The highest BCUT2D eigenvalue weighted by atomic mass is 16.5. The lowest BCUT2D eigenvalue weighted by atomic mass is 10.1. The van der Waals surface area contributed by atoms with Crippen LogP contribution in [0.2, 0.25) is 0 Å². The second-order valence-corrected chi connectivity index (χ2v) is 4.39. The highest BCUT2D eigenvalue weighted by Gasteiger charge is 2.15. The Balaban J connectivity index is 2.72. The lowest BCUT2D eigenvalue weighted by Crippen LogP contribution is -2.17. The first kappa shape index (κ1) is 16.7. The van der Waals surface area contributed by atoms with Gasteiger partial charge in [0.25, 0.3) is 0 Å². The number of carbonyl (C=O) groups is 3. The first-order chi connectivity index (χ1) is 9.97. The Morgan fingerprint density at radius 3 is 2.52 bits per heavy atom. The van der Waals surface area contributed by atoms with Gasteiger partial charge >= 0.3 is 11.9 Å². The maximum atomic E-state index is 11.8. The summed E-state index contributed by atoms with van der Waals surface area (Å²) < 4.78 is 9.42. The Hall–Kier alpha value is -2.37. The zero-order chi connectivity index (χ0) is 15.8. The van der Waals surface area contributed by atoms with Gasteiger partial charge in [-0.05, 0) is 26.0 Å². The molecule has 0 aliphatic rings. The third-order valence-corrected chi connectivity index (χ3v) is 2.72. The maximum absolute atomic E-state index is 11.8. The van der Waals surface area contributed by atoms with E-state index in [-0.39, 0.29) is 30.9 Å². The predicted octanol–water partition coefficient (Wildman–Crippen LogP) is 2.06. The fourth-order valence-corrected chi connectivity index (χ4v) is 1.71. The summed E-state index contributed by atoms with van der Waals surface area (Å²) in [7, 11) is 1.27. The molecule has 6 heteroatoms. The van der Waals surface area contributed by atoms with Crippen LogP contribution in [-0.4, -0.2) is 31.6 Å². The highest BCUT2D eigenvalue weighted by Crippen LogP contribution is 2.18. The van der Waals surface area contributed by atoms with Gasteiger partial charge in [-0.15, -0.1) is 0 Å². The Kier molecular flexibility index (Phi) is 6.39. The molecule has 0 aromatic heterocycles. The highest BCUT2D eigenvalue weighted by molar-refractivity contribution is 6.01. The van der Waals surface area contributed by atoms with Crippen LogP contribution in [0.25, 0.3) is 0 Å². The van der Waals surface area contributed by atoms with Crippen molar-refractivity contribution >= 4 is 23.5 Å². The van der Waals surface area contributed by atoms with Crippen LogP contribution in [0.15, 0.2) is 18.2 Å². The molecule has 6 nitrogen and oxygen atoms in total. The normalized spacial score (nSPS) is 9.86. The third-order valence-electron chi connectivity index (χ3n) is 2.72. The molecule has 1 N–H and O–H groups in total. The molecule has 1 rings (SSSR count). The quantitative estimate of drug-likeness (QED) is 0.812. The number of hydrogen-bond donors (Lipinski definition) is 1. The van der Waals surface area contributed by atoms with Crippen LogP contribution in [-0.2, 0) is 19.1 Å². The average molecular weight is 293 g/mol. The van der Waals surface area contributed by atoms with Crippen molar-refractivity contribution in [2.24, 2.45) is 0 Å². The summed E-state index contributed by atoms with van der Waals surface area (Å²) in [6, 6.07) is 5.03. The summed E-state index contributed by atoms with van der Waals surface area (Å²) >= 11 is 0. The topological polar surface area (TPSA) is 81.7 Å². The summed E-state index contributed by atoms with van der Waals surface area (Å²) in [6.45, 7) is 3.82. The molecule has 0 aliphatic carbocycles. The molecule has 114 valence electrons. The van der Waals surface area contributed by atoms with E-state index in [0.717, 1.165) is 5.56 Å². The molecular weight excluding hydrogens is 274 g/mol. The zero-order valence-electron chi connectivity index (χ0n) is 12.4. The van der Waals surface area contributed by atoms with Crippen molar-refractivity contribution in [2.45, 2.75) is 26.7 Å². The molecule has 0 spiro atoms. The number of aryl methyl sites for hydroxylation is 1. The average Bonchev–Trinajstić information content (AvgIpc) is 2.46. The molecule has 0 aliphatic heterocycles. The summed E-state index contributed by atoms with van der Waals surface area (Å²) in [6.07, 6.45) is -0.00753. The molecule has 0 fully saturated rings. The number of anilines is 1. The number of ether oxygens (including phenoxy) is 2. The second kappa shape index (κ2) is 8.04. The molecule has 0 unspecified atom stereocenters. The number of benzene rings is 1. The maximum Gasteiger partial charge on any atom is 0.339 e. The summed E-state index contributed by atoms with van der Waals surface area (Å²) in [4.78, 5) is 34.7. The zero-order valence-corrected chi connectivity index (χ0v) is 12.4. The van der Waals surface area contributed by atoms with E-state index in [1.54, 1.807) is 25.1 Å². The monoisotopic (exact) mass is 293 g/mol. The summed E-state index contributed by atoms with van der Waals surface area (Å²) in [5.41, 5.74) is 1.52. The molecule has 0 saturated carbocycles. The number of nitrogens with one attached hydrogen (secondary N) is 1. The predicted molar refractivity (Wildman–Crippen MR) is 77.0 cm³/mol. The Morgan fingerprint density at radius 1 is 1.19 bits per heavy atom. The van der Waals surface area contributed by atoms with E-state index in [9.17, 15) is 14.4 Å². The molecule has 1 aromatic carbocycles. The van der Waals surface area contributed by atoms with Gasteiger partial charge in [0.05, 0.1) is 31.4 Å². The van der Waals surface area contributed by atoms with Crippen LogP contribution < -0.4 is 5.32 Å². The van der Waals surface area contributed by atoms with Crippen molar-refractivity contribution in [3.8, 4) is 0 Å².